The van der Waals surface area contributed by atoms with Gasteiger partial charge in [0.2, 0.25) is 0 Å². The molecule has 3 aromatic rings. The summed E-state index contributed by atoms with van der Waals surface area (Å²) in [6.45, 7) is 12.3. The lowest BCUT2D eigenvalue weighted by atomic mass is 9.87. The van der Waals surface area contributed by atoms with E-state index in [0.717, 1.165) is 5.56 Å². The molecule has 0 heterocycles. The summed E-state index contributed by atoms with van der Waals surface area (Å²) in [5.74, 6) is 0.529. The number of anilines is 2. The molecule has 0 aliphatic rings. The zero-order valence-corrected chi connectivity index (χ0v) is 20.8. The van der Waals surface area contributed by atoms with Gasteiger partial charge in [0.25, 0.3) is 11.8 Å². The molecule has 3 aromatic carbocycles. The van der Waals surface area contributed by atoms with Crippen molar-refractivity contribution in [3.05, 3.63) is 89.5 Å². The van der Waals surface area contributed by atoms with Crippen LogP contribution in [0, 0.1) is 0 Å². The van der Waals surface area contributed by atoms with Gasteiger partial charge in [-0.1, -0.05) is 71.0 Å². The van der Waals surface area contributed by atoms with Gasteiger partial charge in [0.05, 0.1) is 0 Å². The number of rotatable bonds is 7. The van der Waals surface area contributed by atoms with Crippen LogP contribution in [0.1, 0.15) is 68.9 Å². The van der Waals surface area contributed by atoms with E-state index in [1.54, 1.807) is 31.2 Å². The van der Waals surface area contributed by atoms with Gasteiger partial charge in [-0.05, 0) is 65.8 Å². The number of carbonyl (C=O) groups excluding carboxylic acids is 2. The minimum atomic E-state index is -0.681. The van der Waals surface area contributed by atoms with Crippen LogP contribution in [0.3, 0.4) is 0 Å². The van der Waals surface area contributed by atoms with Gasteiger partial charge < -0.3 is 15.4 Å². The van der Waals surface area contributed by atoms with Crippen LogP contribution in [-0.4, -0.2) is 17.9 Å². The van der Waals surface area contributed by atoms with E-state index in [4.69, 9.17) is 4.74 Å². The molecule has 0 bridgehead atoms. The van der Waals surface area contributed by atoms with Crippen molar-refractivity contribution in [2.24, 2.45) is 0 Å². The van der Waals surface area contributed by atoms with E-state index in [9.17, 15) is 9.59 Å². The molecule has 178 valence electrons. The average Bonchev–Trinajstić information content (AvgIpc) is 2.79. The Morgan fingerprint density at radius 1 is 0.794 bits per heavy atom. The minimum absolute atomic E-state index is 0.0270. The van der Waals surface area contributed by atoms with E-state index in [1.165, 1.54) is 5.56 Å². The van der Waals surface area contributed by atoms with Gasteiger partial charge in [0.15, 0.2) is 6.10 Å². The molecule has 5 nitrogen and oxygen atoms in total. The van der Waals surface area contributed by atoms with Crippen LogP contribution in [0.15, 0.2) is 72.8 Å². The molecule has 1 atom stereocenters. The molecule has 2 amide bonds. The van der Waals surface area contributed by atoms with Crippen LogP contribution < -0.4 is 15.4 Å². The van der Waals surface area contributed by atoms with Crippen molar-refractivity contribution in [3.63, 3.8) is 0 Å². The topological polar surface area (TPSA) is 67.4 Å². The second kappa shape index (κ2) is 10.6. The molecule has 2 N–H and O–H groups in total. The molecule has 0 spiro atoms. The summed E-state index contributed by atoms with van der Waals surface area (Å²) in [5.41, 5.74) is 4.01. The van der Waals surface area contributed by atoms with E-state index in [2.05, 4.69) is 45.3 Å². The number of ether oxygens (including phenoxy) is 1. The molecule has 0 aliphatic heterocycles. The van der Waals surface area contributed by atoms with E-state index < -0.39 is 6.10 Å². The molecule has 0 aromatic heterocycles. The standard InChI is InChI=1S/C29H34N2O3/c1-19(2)25-12-7-8-13-26(25)34-20(3)27(32)30-23-10-9-11-24(18-23)31-28(33)21-14-16-22(17-15-21)29(4,5)6/h7-20H,1-6H3,(H,30,32)(H,31,33)/t20-/m1/s1. The lowest BCUT2D eigenvalue weighted by Crippen LogP contribution is -2.30. The summed E-state index contributed by atoms with van der Waals surface area (Å²) < 4.78 is 5.95. The number of carbonyl (C=O) groups is 2. The molecule has 0 unspecified atom stereocenters. The molecule has 5 heteroatoms. The van der Waals surface area contributed by atoms with Gasteiger partial charge >= 0.3 is 0 Å². The fraction of sp³-hybridized carbons (Fsp3) is 0.310. The van der Waals surface area contributed by atoms with Crippen LogP contribution in [0.4, 0.5) is 11.4 Å². The Balaban J connectivity index is 1.64. The van der Waals surface area contributed by atoms with Crippen molar-refractivity contribution in [2.75, 3.05) is 10.6 Å². The number of hydrogen-bond donors (Lipinski definition) is 2. The lowest BCUT2D eigenvalue weighted by Gasteiger charge is -2.19. The second-order valence-corrected chi connectivity index (χ2v) is 9.80. The van der Waals surface area contributed by atoms with Crippen LogP contribution in [-0.2, 0) is 10.2 Å². The zero-order valence-electron chi connectivity index (χ0n) is 20.8. The Labute approximate surface area is 202 Å². The summed E-state index contributed by atoms with van der Waals surface area (Å²) >= 11 is 0. The number of hydrogen-bond acceptors (Lipinski definition) is 3. The van der Waals surface area contributed by atoms with Gasteiger partial charge in [0.1, 0.15) is 5.75 Å². The van der Waals surface area contributed by atoms with Crippen LogP contribution >= 0.6 is 0 Å². The monoisotopic (exact) mass is 458 g/mol. The summed E-state index contributed by atoms with van der Waals surface area (Å²) in [5, 5.41) is 5.77. The molecule has 0 radical (unpaired) electrons. The van der Waals surface area contributed by atoms with Crippen molar-refractivity contribution in [2.45, 2.75) is 59.0 Å². The number of para-hydroxylation sites is 1. The molecule has 0 aliphatic carbocycles. The molecule has 3 rings (SSSR count). The molecular formula is C29H34N2O3. The summed E-state index contributed by atoms with van der Waals surface area (Å²) in [6, 6.07) is 22.4. The maximum absolute atomic E-state index is 12.7. The zero-order chi connectivity index (χ0) is 24.9. The van der Waals surface area contributed by atoms with E-state index in [0.29, 0.717) is 22.7 Å². The van der Waals surface area contributed by atoms with Crippen LogP contribution in [0.2, 0.25) is 0 Å². The third-order valence-electron chi connectivity index (χ3n) is 5.62. The molecule has 0 saturated heterocycles. The Bertz CT molecular complexity index is 1140. The number of benzene rings is 3. The highest BCUT2D eigenvalue weighted by Gasteiger charge is 2.18. The SMILES string of the molecule is CC(C)c1ccccc1O[C@H](C)C(=O)Nc1cccc(NC(=O)c2ccc(C(C)(C)C)cc2)c1. The van der Waals surface area contributed by atoms with Gasteiger partial charge in [-0.2, -0.15) is 0 Å². The molecule has 0 fully saturated rings. The van der Waals surface area contributed by atoms with Crippen molar-refractivity contribution >= 4 is 23.2 Å². The first-order chi connectivity index (χ1) is 16.0. The highest BCUT2D eigenvalue weighted by molar-refractivity contribution is 6.04. The maximum atomic E-state index is 12.7. The highest BCUT2D eigenvalue weighted by Crippen LogP contribution is 2.27. The third-order valence-corrected chi connectivity index (χ3v) is 5.62. The van der Waals surface area contributed by atoms with E-state index >= 15 is 0 Å². The number of nitrogens with one attached hydrogen (secondary N) is 2. The smallest absolute Gasteiger partial charge is 0.265 e. The Hall–Kier alpha value is -3.60. The van der Waals surface area contributed by atoms with Crippen LogP contribution in [0.5, 0.6) is 5.75 Å². The van der Waals surface area contributed by atoms with E-state index in [-0.39, 0.29) is 23.1 Å². The highest BCUT2D eigenvalue weighted by atomic mass is 16.5. The predicted octanol–water partition coefficient (Wildman–Crippen LogP) is 6.77. The Kier molecular flexibility index (Phi) is 7.77. The third kappa shape index (κ3) is 6.47. The first-order valence-corrected chi connectivity index (χ1v) is 11.6. The van der Waals surface area contributed by atoms with Crippen molar-refractivity contribution < 1.29 is 14.3 Å². The number of amides is 2. The van der Waals surface area contributed by atoms with Crippen LogP contribution in [0.25, 0.3) is 0 Å². The Morgan fingerprint density at radius 2 is 1.41 bits per heavy atom. The van der Waals surface area contributed by atoms with Crippen molar-refractivity contribution in [1.29, 1.82) is 0 Å². The van der Waals surface area contributed by atoms with Gasteiger partial charge in [0, 0.05) is 16.9 Å². The largest absolute Gasteiger partial charge is 0.481 e. The second-order valence-electron chi connectivity index (χ2n) is 9.80. The summed E-state index contributed by atoms with van der Waals surface area (Å²) in [7, 11) is 0. The average molecular weight is 459 g/mol. The van der Waals surface area contributed by atoms with Gasteiger partial charge in [-0.15, -0.1) is 0 Å². The van der Waals surface area contributed by atoms with Gasteiger partial charge in [-0.25, -0.2) is 0 Å². The molecule has 34 heavy (non-hydrogen) atoms. The quantitative estimate of drug-likeness (QED) is 0.411. The normalized spacial score (nSPS) is 12.2. The van der Waals surface area contributed by atoms with Crippen molar-refractivity contribution in [3.8, 4) is 5.75 Å². The lowest BCUT2D eigenvalue weighted by molar-refractivity contribution is -0.122. The minimum Gasteiger partial charge on any atom is -0.481 e. The predicted molar refractivity (Wildman–Crippen MR) is 139 cm³/mol. The fourth-order valence-corrected chi connectivity index (χ4v) is 3.55. The maximum Gasteiger partial charge on any atom is 0.265 e. The molecular weight excluding hydrogens is 424 g/mol. The molecule has 0 saturated carbocycles. The van der Waals surface area contributed by atoms with Gasteiger partial charge in [-0.3, -0.25) is 9.59 Å². The first kappa shape index (κ1) is 25.0. The summed E-state index contributed by atoms with van der Waals surface area (Å²) in [4.78, 5) is 25.4. The Morgan fingerprint density at radius 3 is 2.03 bits per heavy atom. The van der Waals surface area contributed by atoms with E-state index in [1.807, 2.05) is 48.5 Å². The fourth-order valence-electron chi connectivity index (χ4n) is 3.55. The summed E-state index contributed by atoms with van der Waals surface area (Å²) in [6.07, 6.45) is -0.681. The van der Waals surface area contributed by atoms with Crippen molar-refractivity contribution in [1.82, 2.24) is 0 Å². The first-order valence-electron chi connectivity index (χ1n) is 11.6.